The quantitative estimate of drug-likeness (QED) is 0.858. The Labute approximate surface area is 124 Å². The molecule has 0 aromatic heterocycles. The maximum Gasteiger partial charge on any atom is 0.0233 e. The molecule has 0 amide bonds. The summed E-state index contributed by atoms with van der Waals surface area (Å²) in [5.74, 6) is 0.886. The molecule has 1 aliphatic heterocycles. The topological polar surface area (TPSA) is 18.5 Å². The molecule has 2 rings (SSSR count). The van der Waals surface area contributed by atoms with Gasteiger partial charge in [0.05, 0.1) is 0 Å². The summed E-state index contributed by atoms with van der Waals surface area (Å²) in [5, 5.41) is 3.22. The van der Waals surface area contributed by atoms with Crippen LogP contribution in [-0.2, 0) is 13.1 Å². The van der Waals surface area contributed by atoms with E-state index in [9.17, 15) is 0 Å². The largest absolute Gasteiger partial charge is 0.316 e. The number of hydrogen-bond donors (Lipinski definition) is 1. The Morgan fingerprint density at radius 1 is 1.20 bits per heavy atom. The van der Waals surface area contributed by atoms with Gasteiger partial charge in [0.25, 0.3) is 0 Å². The molecule has 3 heteroatoms. The molecule has 0 unspecified atom stereocenters. The first-order chi connectivity index (χ1) is 9.67. The van der Waals surface area contributed by atoms with Gasteiger partial charge in [0.1, 0.15) is 0 Å². The van der Waals surface area contributed by atoms with Crippen molar-refractivity contribution in [2.75, 3.05) is 40.8 Å². The molecule has 1 saturated heterocycles. The second-order valence-electron chi connectivity index (χ2n) is 6.33. The van der Waals surface area contributed by atoms with Crippen LogP contribution in [0.25, 0.3) is 0 Å². The summed E-state index contributed by atoms with van der Waals surface area (Å²) in [4.78, 5) is 4.92. The molecule has 1 aliphatic rings. The first-order valence-corrected chi connectivity index (χ1v) is 7.77. The maximum atomic E-state index is 3.22. The molecule has 0 radical (unpaired) electrons. The standard InChI is InChI=1S/C17H29N3/c1-18-12-16-5-4-6-17(11-16)14-20-9-7-15(8-10-20)13-19(2)3/h4-6,11,15,18H,7-10,12-14H2,1-3H3. The second-order valence-corrected chi connectivity index (χ2v) is 6.33. The lowest BCUT2D eigenvalue weighted by molar-refractivity contribution is 0.157. The van der Waals surface area contributed by atoms with E-state index in [0.717, 1.165) is 19.0 Å². The number of nitrogens with one attached hydrogen (secondary N) is 1. The summed E-state index contributed by atoms with van der Waals surface area (Å²) in [6.07, 6.45) is 2.68. The molecule has 1 heterocycles. The van der Waals surface area contributed by atoms with E-state index in [1.807, 2.05) is 7.05 Å². The summed E-state index contributed by atoms with van der Waals surface area (Å²) >= 11 is 0. The second kappa shape index (κ2) is 7.77. The number of piperidine rings is 1. The highest BCUT2D eigenvalue weighted by molar-refractivity contribution is 5.23. The molecule has 0 spiro atoms. The van der Waals surface area contributed by atoms with Crippen molar-refractivity contribution in [2.45, 2.75) is 25.9 Å². The molecule has 0 bridgehead atoms. The van der Waals surface area contributed by atoms with Crippen LogP contribution in [-0.4, -0.2) is 50.6 Å². The number of hydrogen-bond acceptors (Lipinski definition) is 3. The molecule has 1 fully saturated rings. The third kappa shape index (κ3) is 4.89. The van der Waals surface area contributed by atoms with Crippen LogP contribution < -0.4 is 5.32 Å². The van der Waals surface area contributed by atoms with E-state index in [0.29, 0.717) is 0 Å². The Morgan fingerprint density at radius 2 is 1.90 bits per heavy atom. The molecule has 20 heavy (non-hydrogen) atoms. The van der Waals surface area contributed by atoms with E-state index < -0.39 is 0 Å². The summed E-state index contributed by atoms with van der Waals surface area (Å²) in [5.41, 5.74) is 2.83. The molecule has 1 N–H and O–H groups in total. The third-order valence-electron chi connectivity index (χ3n) is 4.11. The van der Waals surface area contributed by atoms with E-state index in [1.165, 1.54) is 43.6 Å². The van der Waals surface area contributed by atoms with E-state index in [2.05, 4.69) is 53.5 Å². The number of rotatable bonds is 6. The van der Waals surface area contributed by atoms with Crippen molar-refractivity contribution in [1.82, 2.24) is 15.1 Å². The van der Waals surface area contributed by atoms with E-state index in [-0.39, 0.29) is 0 Å². The first-order valence-electron chi connectivity index (χ1n) is 7.77. The van der Waals surface area contributed by atoms with Crippen LogP contribution in [0.1, 0.15) is 24.0 Å². The van der Waals surface area contributed by atoms with Gasteiger partial charge in [0.15, 0.2) is 0 Å². The third-order valence-corrected chi connectivity index (χ3v) is 4.11. The fourth-order valence-corrected chi connectivity index (χ4v) is 3.14. The van der Waals surface area contributed by atoms with Crippen LogP contribution in [0.5, 0.6) is 0 Å². The Balaban J connectivity index is 1.81. The zero-order valence-corrected chi connectivity index (χ0v) is 13.2. The zero-order chi connectivity index (χ0) is 14.4. The molecule has 0 aliphatic carbocycles. The SMILES string of the molecule is CNCc1cccc(CN2CCC(CN(C)C)CC2)c1. The van der Waals surface area contributed by atoms with Crippen molar-refractivity contribution in [3.8, 4) is 0 Å². The normalized spacial score (nSPS) is 17.8. The van der Waals surface area contributed by atoms with Gasteiger partial charge in [-0.2, -0.15) is 0 Å². The van der Waals surface area contributed by atoms with Crippen LogP contribution in [0, 0.1) is 5.92 Å². The van der Waals surface area contributed by atoms with Gasteiger partial charge in [-0.05, 0) is 64.1 Å². The summed E-state index contributed by atoms with van der Waals surface area (Å²) in [7, 11) is 6.36. The minimum Gasteiger partial charge on any atom is -0.316 e. The highest BCUT2D eigenvalue weighted by atomic mass is 15.1. The molecule has 3 nitrogen and oxygen atoms in total. The predicted molar refractivity (Wildman–Crippen MR) is 85.8 cm³/mol. The Hall–Kier alpha value is -0.900. The molecule has 0 saturated carbocycles. The summed E-state index contributed by atoms with van der Waals surface area (Å²) in [6.45, 7) is 5.79. The van der Waals surface area contributed by atoms with Crippen molar-refractivity contribution < 1.29 is 0 Å². The van der Waals surface area contributed by atoms with Gasteiger partial charge in [0, 0.05) is 19.6 Å². The maximum absolute atomic E-state index is 3.22. The zero-order valence-electron chi connectivity index (χ0n) is 13.2. The van der Waals surface area contributed by atoms with E-state index >= 15 is 0 Å². The Bertz CT molecular complexity index is 395. The molecular weight excluding hydrogens is 246 g/mol. The van der Waals surface area contributed by atoms with Crippen molar-refractivity contribution in [1.29, 1.82) is 0 Å². The molecule has 1 aromatic rings. The van der Waals surface area contributed by atoms with Crippen molar-refractivity contribution in [3.63, 3.8) is 0 Å². The van der Waals surface area contributed by atoms with Crippen molar-refractivity contribution in [2.24, 2.45) is 5.92 Å². The fourth-order valence-electron chi connectivity index (χ4n) is 3.14. The highest BCUT2D eigenvalue weighted by Crippen LogP contribution is 2.19. The van der Waals surface area contributed by atoms with Gasteiger partial charge in [-0.25, -0.2) is 0 Å². The van der Waals surface area contributed by atoms with Gasteiger partial charge in [0.2, 0.25) is 0 Å². The van der Waals surface area contributed by atoms with E-state index in [1.54, 1.807) is 0 Å². The average molecular weight is 275 g/mol. The molecule has 1 aromatic carbocycles. The molecular formula is C17H29N3. The van der Waals surface area contributed by atoms with Crippen molar-refractivity contribution >= 4 is 0 Å². The van der Waals surface area contributed by atoms with Gasteiger partial charge >= 0.3 is 0 Å². The first kappa shape index (κ1) is 15.5. The minimum atomic E-state index is 0.886. The fraction of sp³-hybridized carbons (Fsp3) is 0.647. The highest BCUT2D eigenvalue weighted by Gasteiger charge is 2.19. The summed E-state index contributed by atoms with van der Waals surface area (Å²) in [6, 6.07) is 8.97. The lowest BCUT2D eigenvalue weighted by Gasteiger charge is -2.33. The van der Waals surface area contributed by atoms with Crippen molar-refractivity contribution in [3.05, 3.63) is 35.4 Å². The number of benzene rings is 1. The smallest absolute Gasteiger partial charge is 0.0233 e. The van der Waals surface area contributed by atoms with Gasteiger partial charge in [-0.3, -0.25) is 4.90 Å². The Morgan fingerprint density at radius 3 is 2.55 bits per heavy atom. The number of nitrogens with zero attached hydrogens (tertiary/aromatic N) is 2. The van der Waals surface area contributed by atoms with Crippen LogP contribution in [0.4, 0.5) is 0 Å². The average Bonchev–Trinajstić information content (AvgIpc) is 2.41. The molecule has 112 valence electrons. The lowest BCUT2D eigenvalue weighted by atomic mass is 9.96. The van der Waals surface area contributed by atoms with Gasteiger partial charge in [-0.15, -0.1) is 0 Å². The van der Waals surface area contributed by atoms with Gasteiger partial charge in [-0.1, -0.05) is 24.3 Å². The minimum absolute atomic E-state index is 0.886. The predicted octanol–water partition coefficient (Wildman–Crippen LogP) is 2.18. The monoisotopic (exact) mass is 275 g/mol. The van der Waals surface area contributed by atoms with Crippen LogP contribution in [0.15, 0.2) is 24.3 Å². The van der Waals surface area contributed by atoms with Crippen LogP contribution in [0.3, 0.4) is 0 Å². The lowest BCUT2D eigenvalue weighted by Crippen LogP contribution is -2.36. The Kier molecular flexibility index (Phi) is 6.02. The van der Waals surface area contributed by atoms with E-state index in [4.69, 9.17) is 0 Å². The summed E-state index contributed by atoms with van der Waals surface area (Å²) < 4.78 is 0. The van der Waals surface area contributed by atoms with Crippen LogP contribution >= 0.6 is 0 Å². The van der Waals surface area contributed by atoms with Gasteiger partial charge < -0.3 is 10.2 Å². The molecule has 0 atom stereocenters. The number of likely N-dealkylation sites (tertiary alicyclic amines) is 1. The van der Waals surface area contributed by atoms with Crippen LogP contribution in [0.2, 0.25) is 0 Å².